The molecule has 144 valence electrons. The van der Waals surface area contributed by atoms with Crippen LogP contribution in [0.3, 0.4) is 0 Å². The maximum absolute atomic E-state index is 14.0. The number of carbonyl (C=O) groups is 1. The summed E-state index contributed by atoms with van der Waals surface area (Å²) in [6.45, 7) is 2.68. The molecule has 7 heteroatoms. The van der Waals surface area contributed by atoms with Gasteiger partial charge in [0.2, 0.25) is 5.91 Å². The Balaban J connectivity index is 1.77. The van der Waals surface area contributed by atoms with Crippen LogP contribution in [-0.2, 0) is 11.2 Å². The van der Waals surface area contributed by atoms with Crippen molar-refractivity contribution in [2.24, 2.45) is 0 Å². The van der Waals surface area contributed by atoms with Crippen molar-refractivity contribution < 1.29 is 23.0 Å². The lowest BCUT2D eigenvalue weighted by Gasteiger charge is -2.26. The summed E-state index contributed by atoms with van der Waals surface area (Å²) >= 11 is 6.26. The van der Waals surface area contributed by atoms with Crippen LogP contribution in [0.4, 0.5) is 8.78 Å². The van der Waals surface area contributed by atoms with E-state index in [9.17, 15) is 13.6 Å². The third-order valence-corrected chi connectivity index (χ3v) is 4.88. The van der Waals surface area contributed by atoms with E-state index in [-0.39, 0.29) is 17.9 Å². The van der Waals surface area contributed by atoms with E-state index in [2.05, 4.69) is 0 Å². The first-order chi connectivity index (χ1) is 12.9. The molecule has 0 spiro atoms. The predicted octanol–water partition coefficient (Wildman–Crippen LogP) is 4.54. The highest BCUT2D eigenvalue weighted by Gasteiger charge is 2.22. The normalized spacial score (nSPS) is 14.4. The van der Waals surface area contributed by atoms with Gasteiger partial charge in [-0.1, -0.05) is 11.6 Å². The van der Waals surface area contributed by atoms with Gasteiger partial charge >= 0.3 is 0 Å². The monoisotopic (exact) mass is 395 g/mol. The standard InChI is InChI=1S/C20H20ClF2NO3/c1-12(15-11-14(22)4-5-17(15)23)24(2)19(25)10-13-8-16(21)20-18(9-13)26-6-3-7-27-20/h4-5,8-9,11-12H,3,6-7,10H2,1-2H3/t12-/m1/s1. The Labute approximate surface area is 161 Å². The molecule has 0 unspecified atom stereocenters. The van der Waals surface area contributed by atoms with Gasteiger partial charge in [0, 0.05) is 19.0 Å². The smallest absolute Gasteiger partial charge is 0.227 e. The Morgan fingerprint density at radius 1 is 1.22 bits per heavy atom. The van der Waals surface area contributed by atoms with Gasteiger partial charge in [-0.25, -0.2) is 8.78 Å². The van der Waals surface area contributed by atoms with Gasteiger partial charge in [0.25, 0.3) is 0 Å². The van der Waals surface area contributed by atoms with Crippen LogP contribution < -0.4 is 9.47 Å². The Bertz CT molecular complexity index is 859. The zero-order chi connectivity index (χ0) is 19.6. The van der Waals surface area contributed by atoms with Gasteiger partial charge in [-0.3, -0.25) is 4.79 Å². The first-order valence-corrected chi connectivity index (χ1v) is 9.03. The summed E-state index contributed by atoms with van der Waals surface area (Å²) in [4.78, 5) is 14.0. The molecule has 0 aromatic heterocycles. The van der Waals surface area contributed by atoms with Crippen molar-refractivity contribution in [3.63, 3.8) is 0 Å². The van der Waals surface area contributed by atoms with Crippen molar-refractivity contribution in [3.8, 4) is 11.5 Å². The minimum absolute atomic E-state index is 0.0497. The first-order valence-electron chi connectivity index (χ1n) is 8.65. The predicted molar refractivity (Wildman–Crippen MR) is 98.3 cm³/mol. The number of ether oxygens (including phenoxy) is 2. The summed E-state index contributed by atoms with van der Waals surface area (Å²) in [5.74, 6) is -0.365. The zero-order valence-corrected chi connectivity index (χ0v) is 15.9. The summed E-state index contributed by atoms with van der Waals surface area (Å²) in [7, 11) is 1.56. The number of nitrogens with zero attached hydrogens (tertiary/aromatic N) is 1. The lowest BCUT2D eigenvalue weighted by Crippen LogP contribution is -2.31. The first kappa shape index (κ1) is 19.4. The van der Waals surface area contributed by atoms with Gasteiger partial charge in [-0.05, 0) is 42.8 Å². The molecule has 1 amide bonds. The summed E-state index contributed by atoms with van der Waals surface area (Å²) in [5.41, 5.74) is 0.788. The van der Waals surface area contributed by atoms with Crippen molar-refractivity contribution in [1.29, 1.82) is 0 Å². The van der Waals surface area contributed by atoms with Crippen LogP contribution in [0.1, 0.15) is 30.5 Å². The van der Waals surface area contributed by atoms with Crippen molar-refractivity contribution >= 4 is 17.5 Å². The molecule has 1 aliphatic rings. The second kappa shape index (κ2) is 8.13. The average molecular weight is 396 g/mol. The molecular weight excluding hydrogens is 376 g/mol. The number of likely N-dealkylation sites (N-methyl/N-ethyl adjacent to an activating group) is 1. The second-order valence-electron chi connectivity index (χ2n) is 6.48. The molecule has 2 aromatic carbocycles. The molecule has 3 rings (SSSR count). The minimum atomic E-state index is -0.621. The summed E-state index contributed by atoms with van der Waals surface area (Å²) in [6, 6.07) is 5.98. The van der Waals surface area contributed by atoms with Crippen LogP contribution in [0.15, 0.2) is 30.3 Å². The zero-order valence-electron chi connectivity index (χ0n) is 15.1. The summed E-state index contributed by atoms with van der Waals surface area (Å²) in [5, 5.41) is 0.379. The van der Waals surface area contributed by atoms with Gasteiger partial charge in [0.05, 0.1) is 30.7 Å². The number of halogens is 3. The van der Waals surface area contributed by atoms with Crippen LogP contribution in [0.25, 0.3) is 0 Å². The fourth-order valence-corrected chi connectivity index (χ4v) is 3.23. The van der Waals surface area contributed by atoms with Gasteiger partial charge in [-0.2, -0.15) is 0 Å². The van der Waals surface area contributed by atoms with E-state index in [1.54, 1.807) is 26.1 Å². The molecule has 4 nitrogen and oxygen atoms in total. The quantitative estimate of drug-likeness (QED) is 0.762. The molecule has 1 heterocycles. The molecule has 1 atom stereocenters. The molecule has 0 fully saturated rings. The van der Waals surface area contributed by atoms with Crippen molar-refractivity contribution in [2.75, 3.05) is 20.3 Å². The molecule has 0 bridgehead atoms. The van der Waals surface area contributed by atoms with E-state index in [4.69, 9.17) is 21.1 Å². The third kappa shape index (κ3) is 4.33. The molecule has 27 heavy (non-hydrogen) atoms. The molecule has 0 radical (unpaired) electrons. The Kier molecular flexibility index (Phi) is 5.85. The van der Waals surface area contributed by atoms with Crippen molar-refractivity contribution in [2.45, 2.75) is 25.8 Å². The largest absolute Gasteiger partial charge is 0.489 e. The highest BCUT2D eigenvalue weighted by atomic mass is 35.5. The maximum atomic E-state index is 14.0. The highest BCUT2D eigenvalue weighted by Crippen LogP contribution is 2.38. The van der Waals surface area contributed by atoms with E-state index in [0.717, 1.165) is 24.6 Å². The van der Waals surface area contributed by atoms with Crippen molar-refractivity contribution in [1.82, 2.24) is 4.90 Å². The molecule has 0 N–H and O–H groups in total. The number of benzene rings is 2. The molecule has 1 aliphatic heterocycles. The number of hydrogen-bond acceptors (Lipinski definition) is 3. The van der Waals surface area contributed by atoms with Gasteiger partial charge in [-0.15, -0.1) is 0 Å². The summed E-state index contributed by atoms with van der Waals surface area (Å²) in [6.07, 6.45) is 0.798. The molecule has 0 saturated carbocycles. The van der Waals surface area contributed by atoms with Gasteiger partial charge < -0.3 is 14.4 Å². The van der Waals surface area contributed by atoms with Gasteiger partial charge in [0.15, 0.2) is 11.5 Å². The van der Waals surface area contributed by atoms with Crippen LogP contribution in [0.5, 0.6) is 11.5 Å². The van der Waals surface area contributed by atoms with Crippen LogP contribution in [0.2, 0.25) is 5.02 Å². The highest BCUT2D eigenvalue weighted by molar-refractivity contribution is 6.32. The molecule has 0 aliphatic carbocycles. The van der Waals surface area contributed by atoms with Gasteiger partial charge in [0.1, 0.15) is 11.6 Å². The van der Waals surface area contributed by atoms with E-state index in [1.165, 1.54) is 4.90 Å². The SMILES string of the molecule is C[C@H](c1cc(F)ccc1F)N(C)C(=O)Cc1cc(Cl)c2c(c1)OCCCO2. The number of carbonyl (C=O) groups excluding carboxylic acids is 1. The average Bonchev–Trinajstić information content (AvgIpc) is 2.88. The van der Waals surface area contributed by atoms with E-state index in [0.29, 0.717) is 35.3 Å². The fourth-order valence-electron chi connectivity index (χ4n) is 2.94. The lowest BCUT2D eigenvalue weighted by molar-refractivity contribution is -0.131. The Morgan fingerprint density at radius 3 is 2.74 bits per heavy atom. The van der Waals surface area contributed by atoms with Crippen LogP contribution in [0, 0.1) is 11.6 Å². The second-order valence-corrected chi connectivity index (χ2v) is 6.89. The molecule has 2 aromatic rings. The number of hydrogen-bond donors (Lipinski definition) is 0. The molecular formula is C20H20ClF2NO3. The minimum Gasteiger partial charge on any atom is -0.489 e. The topological polar surface area (TPSA) is 38.8 Å². The van der Waals surface area contributed by atoms with E-state index >= 15 is 0 Å². The molecule has 0 saturated heterocycles. The number of fused-ring (bicyclic) bond motifs is 1. The lowest BCUT2D eigenvalue weighted by atomic mass is 10.0. The van der Waals surface area contributed by atoms with Crippen LogP contribution >= 0.6 is 11.6 Å². The third-order valence-electron chi connectivity index (χ3n) is 4.60. The Morgan fingerprint density at radius 2 is 1.96 bits per heavy atom. The summed E-state index contributed by atoms with van der Waals surface area (Å²) < 4.78 is 38.7. The van der Waals surface area contributed by atoms with E-state index in [1.807, 2.05) is 0 Å². The fraction of sp³-hybridized carbons (Fsp3) is 0.350. The Hall–Kier alpha value is -2.34. The van der Waals surface area contributed by atoms with Crippen molar-refractivity contribution in [3.05, 3.63) is 58.1 Å². The maximum Gasteiger partial charge on any atom is 0.227 e. The van der Waals surface area contributed by atoms with Crippen LogP contribution in [-0.4, -0.2) is 31.1 Å². The van der Waals surface area contributed by atoms with E-state index < -0.39 is 17.7 Å². The number of rotatable bonds is 4. The number of amides is 1.